The molecule has 0 saturated carbocycles. The molecule has 7 saturated heterocycles. The molecule has 73 heteroatoms. The number of anilines is 7. The van der Waals surface area contributed by atoms with Crippen molar-refractivity contribution < 1.29 is 150 Å². The van der Waals surface area contributed by atoms with E-state index in [4.69, 9.17) is 139 Å². The standard InChI is InChI=1S/C68H85N31O35P6S/c69-42-1-3-93(67(103)89-42)45-7-30(37(124-45)14-117-137(109,110)131-31-8-48(97-25-86-53-58(73)78-21-82-62(53)97)126-38(31)15-116-135(105,106)129-29-6-47(122-35(29)12-100)96-24-85-52-57(72)77-20-81-61(52)96)130-136(107,108)119-17-40-33(10-50(128-40)99-27-88-55-64(99)91-66(75)92-65(55)102)133-138(111,112)118-16-39-32(9-49(127-39)98-26-87-54-59(74)79-22-83-63(54)98)132-139(113,114)120-18-41-34(11-46(125-41)94-4-2-43(70)90-68(94)104)134-140(115,141)121-13-36-28(101)5-44(123-36)95-23-84-51-56(71)76-19-80-60(51)95/h1-4,19-41,44-50,100-101H,5-18H2,(H,105,106)(H,107,108)(H,109,110)(H,111,112)(H,113,114)(H,115,141)(H2,69,89,103)(H2,70,90,104)(H2,71,76,80)(H2,72,77,81)(H2,73,78,82)(H2,74,79,83)(H3,75,91,92,102)/t28?,29?,30?,31?,32-,33?,34?,35-,36-,37-,38-,39-,40-,41-,44-,45-,46-,47-,48-,49-,50-,140?/m1/s1. The van der Waals surface area contributed by atoms with Gasteiger partial charge in [-0.05, 0) is 23.9 Å². The summed E-state index contributed by atoms with van der Waals surface area (Å²) in [5, 5.41) is 21.4. The van der Waals surface area contributed by atoms with Crippen LogP contribution < -0.4 is 57.1 Å². The monoisotopic (exact) mass is 2110 g/mol. The number of nitrogen functional groups attached to an aromatic ring is 7. The van der Waals surface area contributed by atoms with Gasteiger partial charge in [-0.15, -0.1) is 0 Å². The number of nitrogens with two attached hydrogens (primary N) is 7. The highest BCUT2D eigenvalue weighted by molar-refractivity contribution is 8.07. The summed E-state index contributed by atoms with van der Waals surface area (Å²) in [6.45, 7) is -11.0. The fraction of sp³-hybridized carbons (Fsp3) is 0.515. The lowest BCUT2D eigenvalue weighted by Crippen LogP contribution is -2.32. The Morgan fingerprint density at radius 3 is 0.936 bits per heavy atom. The van der Waals surface area contributed by atoms with E-state index >= 15 is 0 Å². The van der Waals surface area contributed by atoms with E-state index in [9.17, 15) is 76.8 Å². The van der Waals surface area contributed by atoms with Gasteiger partial charge in [0.2, 0.25) is 5.95 Å². The molecular weight excluding hydrogens is 2030 g/mol. The van der Waals surface area contributed by atoms with E-state index in [0.29, 0.717) is 5.65 Å². The largest absolute Gasteiger partial charge is 0.472 e. The van der Waals surface area contributed by atoms with Gasteiger partial charge in [-0.3, -0.25) is 87.0 Å². The SMILES string of the molecule is Nc1ccn([C@H]2CC(OP(=O)(O)OC[C@H]3O[C@@H](n4cnc5c(=O)[nH]c(N)nc54)CC3OP(=O)(O)OC[C@H]3O[C@@H](n4cnc5c(N)ncnc54)C[C@H]3OP(=O)(O)OC[C@H]3O[C@@H](n4ccc(N)nc4=O)CC3OP(O)(=S)OC[C@H]3O[C@@H](n4cnc5c(N)ncnc54)CC3O)[C@@H](COP(=O)(O)OC3C[C@H](n4cnc5c(N)ncnc54)O[C@@H]3COP(=O)(O)OC3C[C@H](n4cnc5c(N)ncnc54)O[C@@H]3CO)O2)c(=O)n1. The van der Waals surface area contributed by atoms with Crippen LogP contribution in [0.1, 0.15) is 88.5 Å². The van der Waals surface area contributed by atoms with Crippen LogP contribution in [-0.4, -0.2) is 288 Å². The predicted octanol–water partition coefficient (Wildman–Crippen LogP) is -1.44. The van der Waals surface area contributed by atoms with E-state index < -0.39 is 270 Å². The molecule has 141 heavy (non-hydrogen) atoms. The summed E-state index contributed by atoms with van der Waals surface area (Å²) in [7, 11) is -27.7. The number of fused-ring (bicyclic) bond motifs is 5. The van der Waals surface area contributed by atoms with Crippen LogP contribution in [0.15, 0.2) is 95.9 Å². The Hall–Kier alpha value is -10.4. The minimum absolute atomic E-state index is 0.00846. The van der Waals surface area contributed by atoms with Crippen LogP contribution in [0.5, 0.6) is 0 Å². The summed E-state index contributed by atoms with van der Waals surface area (Å²) in [6.07, 6.45) is -19.6. The van der Waals surface area contributed by atoms with Gasteiger partial charge in [-0.2, -0.15) is 15.0 Å². The minimum Gasteiger partial charge on any atom is -0.394 e. The van der Waals surface area contributed by atoms with Crippen LogP contribution in [0.4, 0.5) is 40.9 Å². The molecule has 27 atom stereocenters. The van der Waals surface area contributed by atoms with Crippen LogP contribution in [0.25, 0.3) is 55.8 Å². The highest BCUT2D eigenvalue weighted by Gasteiger charge is 2.53. The van der Waals surface area contributed by atoms with Gasteiger partial charge in [0, 0.05) is 57.3 Å². The maximum Gasteiger partial charge on any atom is 0.472 e. The highest BCUT2D eigenvalue weighted by atomic mass is 32.5. The molecule has 7 aliphatic rings. The molecule has 7 aliphatic heterocycles. The average Bonchev–Trinajstić information content (AvgIpc) is 1.62. The lowest BCUT2D eigenvalue weighted by atomic mass is 10.2. The summed E-state index contributed by atoms with van der Waals surface area (Å²) < 4.78 is 192. The molecule has 12 aromatic heterocycles. The third-order valence-electron chi connectivity index (χ3n) is 23.4. The molecule has 0 spiro atoms. The van der Waals surface area contributed by atoms with E-state index in [1.807, 2.05) is 0 Å². The number of rotatable bonds is 38. The summed E-state index contributed by atoms with van der Waals surface area (Å²) >= 11 is 5.44. The van der Waals surface area contributed by atoms with Crippen molar-refractivity contribution in [3.8, 4) is 0 Å². The zero-order chi connectivity index (χ0) is 99.3. The van der Waals surface area contributed by atoms with Crippen LogP contribution in [-0.2, 0) is 122 Å². The van der Waals surface area contributed by atoms with Gasteiger partial charge in [0.15, 0.2) is 57.0 Å². The first-order chi connectivity index (χ1) is 67.1. The lowest BCUT2D eigenvalue weighted by molar-refractivity contribution is -0.0646. The van der Waals surface area contributed by atoms with Crippen LogP contribution in [0.3, 0.4) is 0 Å². The van der Waals surface area contributed by atoms with E-state index in [1.54, 1.807) is 0 Å². The van der Waals surface area contributed by atoms with Gasteiger partial charge in [0.05, 0.1) is 90.1 Å². The second kappa shape index (κ2) is 39.6. The van der Waals surface area contributed by atoms with Crippen molar-refractivity contribution in [1.29, 1.82) is 0 Å². The normalized spacial score (nSPS) is 29.7. The Morgan fingerprint density at radius 2 is 0.617 bits per heavy atom. The van der Waals surface area contributed by atoms with Gasteiger partial charge in [0.25, 0.3) is 5.56 Å². The molecule has 19 rings (SSSR count). The van der Waals surface area contributed by atoms with Crippen LogP contribution >= 0.6 is 45.8 Å². The molecule has 19 heterocycles. The van der Waals surface area contributed by atoms with E-state index in [0.717, 1.165) is 38.9 Å². The lowest BCUT2D eigenvalue weighted by Gasteiger charge is -2.26. The Morgan fingerprint density at radius 1 is 0.348 bits per heavy atom. The Bertz CT molecular complexity index is 7210. The van der Waals surface area contributed by atoms with Crippen molar-refractivity contribution in [2.24, 2.45) is 0 Å². The third-order valence-corrected chi connectivity index (χ3v) is 30.0. The highest BCUT2D eigenvalue weighted by Crippen LogP contribution is 2.58. The number of aromatic nitrogens is 24. The molecule has 0 bridgehead atoms. The molecule has 0 amide bonds. The number of hydrogen-bond donors (Lipinski definition) is 16. The Labute approximate surface area is 790 Å². The molecule has 0 radical (unpaired) electrons. The number of aliphatic hydroxyl groups excluding tert-OH is 2. The number of imidazole rings is 5. The number of aliphatic hydroxyl groups is 2. The maximum atomic E-state index is 14.7. The van der Waals surface area contributed by atoms with Gasteiger partial charge in [0.1, 0.15) is 176 Å². The first kappa shape index (κ1) is 99.4. The van der Waals surface area contributed by atoms with Gasteiger partial charge in [-0.1, -0.05) is 0 Å². The minimum atomic E-state index is -5.68. The zero-order valence-electron chi connectivity index (χ0n) is 72.0. The van der Waals surface area contributed by atoms with Crippen molar-refractivity contribution in [2.45, 2.75) is 174 Å². The van der Waals surface area contributed by atoms with E-state index in [-0.39, 0.29) is 104 Å². The van der Waals surface area contributed by atoms with Crippen LogP contribution in [0.2, 0.25) is 0 Å². The molecule has 66 nitrogen and oxygen atoms in total. The van der Waals surface area contributed by atoms with Gasteiger partial charge >= 0.3 is 57.2 Å². The quantitative estimate of drug-likeness (QED) is 0.0197. The third kappa shape index (κ3) is 21.6. The number of aromatic amines is 1. The van der Waals surface area contributed by atoms with Gasteiger partial charge < -0.3 is 122 Å². The average molecular weight is 2110 g/mol. The molecule has 7 fully saturated rings. The van der Waals surface area contributed by atoms with Crippen molar-refractivity contribution in [3.05, 3.63) is 113 Å². The number of phosphoric acid groups is 5. The fourth-order valence-corrected chi connectivity index (χ4v) is 23.1. The molecular formula is C68H85N31O35P6S. The first-order valence-corrected chi connectivity index (χ1v) is 52.1. The number of H-pyrrole nitrogens is 1. The van der Waals surface area contributed by atoms with E-state index in [1.165, 1.54) is 74.6 Å². The van der Waals surface area contributed by atoms with Crippen molar-refractivity contribution in [2.75, 3.05) is 86.4 Å². The van der Waals surface area contributed by atoms with Gasteiger partial charge in [-0.25, -0.2) is 97.2 Å². The summed E-state index contributed by atoms with van der Waals surface area (Å²) in [5.74, 6) is -0.788. The van der Waals surface area contributed by atoms with Crippen molar-refractivity contribution >= 4 is 154 Å². The smallest absolute Gasteiger partial charge is 0.394 e. The molecule has 12 aromatic rings. The molecule has 0 aliphatic carbocycles. The topological polar surface area (TPSA) is 912 Å². The number of phosphoric ester groups is 5. The second-order valence-corrected chi connectivity index (χ2v) is 42.3. The summed E-state index contributed by atoms with van der Waals surface area (Å²) in [5.41, 5.74) is 39.8. The number of nitrogens with zero attached hydrogens (tertiary/aromatic N) is 23. The number of ether oxygens (including phenoxy) is 7. The first-order valence-electron chi connectivity index (χ1n) is 42.1. The van der Waals surface area contributed by atoms with Crippen molar-refractivity contribution in [3.63, 3.8) is 0 Å². The zero-order valence-corrected chi connectivity index (χ0v) is 78.2. The van der Waals surface area contributed by atoms with E-state index in [2.05, 4.69) is 84.7 Å². The fourth-order valence-electron chi connectivity index (χ4n) is 16.8. The summed E-state index contributed by atoms with van der Waals surface area (Å²) in [6, 6.07) is 2.46. The predicted molar refractivity (Wildman–Crippen MR) is 471 cm³/mol. The Kier molecular flexibility index (Phi) is 27.9. The Balaban J connectivity index is 0.533. The molecule has 12 unspecified atom stereocenters. The number of nitrogens with one attached hydrogen (secondary N) is 1. The van der Waals surface area contributed by atoms with Crippen molar-refractivity contribution in [1.82, 2.24) is 117 Å². The molecule has 0 aromatic carbocycles. The molecule has 23 N–H and O–H groups in total. The summed E-state index contributed by atoms with van der Waals surface area (Å²) in [4.78, 5) is 177. The van der Waals surface area contributed by atoms with Crippen LogP contribution in [0, 0.1) is 0 Å². The number of hydrogen-bond acceptors (Lipinski definition) is 53. The molecule has 758 valence electrons. The second-order valence-electron chi connectivity index (χ2n) is 32.4. The maximum absolute atomic E-state index is 14.7.